The smallest absolute Gasteiger partial charge is 0.328 e. The van der Waals surface area contributed by atoms with Crippen molar-refractivity contribution >= 4 is 17.7 Å². The average molecular weight is 278 g/mol. The number of Topliss-reactive ketones (excluding diaryl/α,β-unsaturated/α-hetero) is 1. The zero-order valence-corrected chi connectivity index (χ0v) is 11.6. The summed E-state index contributed by atoms with van der Waals surface area (Å²) < 4.78 is 4.75. The molecule has 1 atom stereocenters. The van der Waals surface area contributed by atoms with Gasteiger partial charge in [-0.3, -0.25) is 9.59 Å². The van der Waals surface area contributed by atoms with Gasteiger partial charge in [-0.1, -0.05) is 0 Å². The Balaban J connectivity index is 2.20. The summed E-state index contributed by atoms with van der Waals surface area (Å²) in [5.41, 5.74) is 0.783. The van der Waals surface area contributed by atoms with E-state index in [1.165, 1.54) is 31.2 Å². The van der Waals surface area contributed by atoms with Crippen molar-refractivity contribution in [1.29, 1.82) is 0 Å². The Bertz CT molecular complexity index is 535. The highest BCUT2D eigenvalue weighted by atomic mass is 16.5. The van der Waals surface area contributed by atoms with Crippen LogP contribution in [0.25, 0.3) is 0 Å². The van der Waals surface area contributed by atoms with Crippen LogP contribution in [0.4, 0.5) is 0 Å². The molecule has 1 saturated heterocycles. The number of hydrogen-bond donors (Lipinski definition) is 1. The minimum atomic E-state index is -0.537. The molecule has 1 aliphatic heterocycles. The third kappa shape index (κ3) is 2.74. The van der Waals surface area contributed by atoms with Gasteiger partial charge >= 0.3 is 5.97 Å². The molecule has 108 valence electrons. The number of aromatic nitrogens is 1. The number of esters is 1. The fourth-order valence-corrected chi connectivity index (χ4v) is 2.43. The molecule has 6 nitrogen and oxygen atoms in total. The maximum Gasteiger partial charge on any atom is 0.328 e. The summed E-state index contributed by atoms with van der Waals surface area (Å²) in [4.78, 5) is 39.8. The molecule has 1 amide bonds. The highest BCUT2D eigenvalue weighted by Crippen LogP contribution is 2.20. The third-order valence-corrected chi connectivity index (χ3v) is 3.56. The first-order chi connectivity index (χ1) is 9.54. The van der Waals surface area contributed by atoms with Crippen molar-refractivity contribution in [2.45, 2.75) is 32.2 Å². The van der Waals surface area contributed by atoms with Crippen LogP contribution in [0.1, 0.15) is 47.0 Å². The van der Waals surface area contributed by atoms with E-state index in [1.54, 1.807) is 0 Å². The summed E-state index contributed by atoms with van der Waals surface area (Å²) in [6, 6.07) is 0.985. The van der Waals surface area contributed by atoms with Gasteiger partial charge in [-0.2, -0.15) is 0 Å². The molecule has 0 spiro atoms. The van der Waals surface area contributed by atoms with Crippen LogP contribution in [-0.2, 0) is 9.53 Å². The Hall–Kier alpha value is -2.11. The van der Waals surface area contributed by atoms with Crippen molar-refractivity contribution in [3.8, 4) is 0 Å². The first-order valence-electron chi connectivity index (χ1n) is 6.62. The molecule has 0 saturated carbocycles. The minimum absolute atomic E-state index is 0.108. The summed E-state index contributed by atoms with van der Waals surface area (Å²) in [7, 11) is 1.32. The molecule has 1 N–H and O–H groups in total. The van der Waals surface area contributed by atoms with Crippen LogP contribution in [0, 0.1) is 0 Å². The van der Waals surface area contributed by atoms with Crippen molar-refractivity contribution in [3.63, 3.8) is 0 Å². The van der Waals surface area contributed by atoms with Crippen molar-refractivity contribution in [1.82, 2.24) is 9.88 Å². The second-order valence-electron chi connectivity index (χ2n) is 4.89. The van der Waals surface area contributed by atoms with Crippen LogP contribution in [0.15, 0.2) is 12.3 Å². The van der Waals surface area contributed by atoms with E-state index in [1.807, 2.05) is 0 Å². The number of amides is 1. The van der Waals surface area contributed by atoms with Gasteiger partial charge in [-0.25, -0.2) is 4.79 Å². The van der Waals surface area contributed by atoms with Crippen molar-refractivity contribution in [3.05, 3.63) is 23.5 Å². The Labute approximate surface area is 117 Å². The quantitative estimate of drug-likeness (QED) is 0.669. The normalized spacial score (nSPS) is 18.7. The van der Waals surface area contributed by atoms with E-state index in [2.05, 4.69) is 4.98 Å². The van der Waals surface area contributed by atoms with E-state index in [0.29, 0.717) is 24.2 Å². The zero-order chi connectivity index (χ0) is 14.7. The summed E-state index contributed by atoms with van der Waals surface area (Å²) in [5, 5.41) is 0. The van der Waals surface area contributed by atoms with Gasteiger partial charge in [0.15, 0.2) is 5.78 Å². The topological polar surface area (TPSA) is 79.5 Å². The van der Waals surface area contributed by atoms with Gasteiger partial charge in [0, 0.05) is 18.3 Å². The van der Waals surface area contributed by atoms with E-state index < -0.39 is 12.0 Å². The van der Waals surface area contributed by atoms with E-state index >= 15 is 0 Å². The average Bonchev–Trinajstić information content (AvgIpc) is 2.95. The maximum absolute atomic E-state index is 12.4. The molecular formula is C14H18N2O4. The highest BCUT2D eigenvalue weighted by molar-refractivity contribution is 6.00. The second-order valence-corrected chi connectivity index (χ2v) is 4.89. The fraction of sp³-hybridized carbons (Fsp3) is 0.500. The summed E-state index contributed by atoms with van der Waals surface area (Å²) in [6.45, 7) is 1.96. The Morgan fingerprint density at radius 1 is 1.35 bits per heavy atom. The summed E-state index contributed by atoms with van der Waals surface area (Å²) in [6.07, 6.45) is 3.87. The Kier molecular flexibility index (Phi) is 4.22. The molecule has 0 aliphatic carbocycles. The Morgan fingerprint density at radius 2 is 2.10 bits per heavy atom. The van der Waals surface area contributed by atoms with E-state index in [4.69, 9.17) is 4.74 Å². The lowest BCUT2D eigenvalue weighted by molar-refractivity contribution is -0.147. The van der Waals surface area contributed by atoms with Crippen LogP contribution in [-0.4, -0.2) is 47.2 Å². The van der Waals surface area contributed by atoms with Crippen LogP contribution in [0.3, 0.4) is 0 Å². The first-order valence-corrected chi connectivity index (χ1v) is 6.62. The largest absolute Gasteiger partial charge is 0.467 e. The van der Waals surface area contributed by atoms with E-state index in [-0.39, 0.29) is 11.7 Å². The van der Waals surface area contributed by atoms with Gasteiger partial charge in [0.05, 0.1) is 7.11 Å². The number of hydrogen-bond acceptors (Lipinski definition) is 4. The molecular weight excluding hydrogens is 260 g/mol. The van der Waals surface area contributed by atoms with Gasteiger partial charge in [0.2, 0.25) is 0 Å². The molecule has 0 aromatic carbocycles. The van der Waals surface area contributed by atoms with E-state index in [9.17, 15) is 14.4 Å². The molecule has 1 fully saturated rings. The van der Waals surface area contributed by atoms with Crippen molar-refractivity contribution < 1.29 is 19.1 Å². The predicted octanol–water partition coefficient (Wildman–Crippen LogP) is 1.38. The molecule has 2 heterocycles. The molecule has 1 aliphatic rings. The molecule has 0 radical (unpaired) electrons. The lowest BCUT2D eigenvalue weighted by Gasteiger charge is -2.33. The lowest BCUT2D eigenvalue weighted by atomic mass is 10.0. The number of likely N-dealkylation sites (tertiary alicyclic amines) is 1. The standard InChI is InChI=1S/C14H18N2O4/c1-9(17)10-7-11(15-8-10)13(18)16-6-4-3-5-12(16)14(19)20-2/h7-8,12,15H,3-6H2,1-2H3. The minimum Gasteiger partial charge on any atom is -0.467 e. The number of piperidine rings is 1. The number of nitrogens with one attached hydrogen (secondary N) is 1. The lowest BCUT2D eigenvalue weighted by Crippen LogP contribution is -2.48. The zero-order valence-electron chi connectivity index (χ0n) is 11.6. The van der Waals surface area contributed by atoms with Gasteiger partial charge in [-0.15, -0.1) is 0 Å². The number of ketones is 1. The van der Waals surface area contributed by atoms with Gasteiger partial charge in [0.1, 0.15) is 11.7 Å². The number of nitrogens with zero attached hydrogens (tertiary/aromatic N) is 1. The molecule has 2 rings (SSSR count). The molecule has 20 heavy (non-hydrogen) atoms. The Morgan fingerprint density at radius 3 is 2.70 bits per heavy atom. The number of carbonyl (C=O) groups excluding carboxylic acids is 3. The maximum atomic E-state index is 12.4. The summed E-state index contributed by atoms with van der Waals surface area (Å²) in [5.74, 6) is -0.771. The van der Waals surface area contributed by atoms with Gasteiger partial charge in [0.25, 0.3) is 5.91 Å². The first kappa shape index (κ1) is 14.3. The number of ether oxygens (including phenoxy) is 1. The van der Waals surface area contributed by atoms with E-state index in [0.717, 1.165) is 12.8 Å². The number of H-pyrrole nitrogens is 1. The molecule has 1 aromatic heterocycles. The molecule has 0 bridgehead atoms. The van der Waals surface area contributed by atoms with Gasteiger partial charge < -0.3 is 14.6 Å². The van der Waals surface area contributed by atoms with Crippen molar-refractivity contribution in [2.24, 2.45) is 0 Å². The SMILES string of the molecule is COC(=O)C1CCCCN1C(=O)c1cc(C(C)=O)c[nH]1. The van der Waals surface area contributed by atoms with Crippen LogP contribution < -0.4 is 0 Å². The fourth-order valence-electron chi connectivity index (χ4n) is 2.43. The molecule has 1 unspecified atom stereocenters. The van der Waals surface area contributed by atoms with Crippen LogP contribution in [0.5, 0.6) is 0 Å². The molecule has 1 aromatic rings. The molecule has 6 heteroatoms. The van der Waals surface area contributed by atoms with Gasteiger partial charge in [-0.05, 0) is 32.3 Å². The van der Waals surface area contributed by atoms with Crippen LogP contribution in [0.2, 0.25) is 0 Å². The number of aromatic amines is 1. The number of carbonyl (C=O) groups is 3. The van der Waals surface area contributed by atoms with Crippen LogP contribution >= 0.6 is 0 Å². The highest BCUT2D eigenvalue weighted by Gasteiger charge is 2.33. The number of methoxy groups -OCH3 is 1. The predicted molar refractivity (Wildman–Crippen MR) is 71.5 cm³/mol. The second kappa shape index (κ2) is 5.90. The number of rotatable bonds is 3. The third-order valence-electron chi connectivity index (χ3n) is 3.56. The monoisotopic (exact) mass is 278 g/mol. The summed E-state index contributed by atoms with van der Waals surface area (Å²) >= 11 is 0. The van der Waals surface area contributed by atoms with Crippen molar-refractivity contribution in [2.75, 3.05) is 13.7 Å².